The highest BCUT2D eigenvalue weighted by atomic mass is 32.1. The Kier molecular flexibility index (Phi) is 9.97. The van der Waals surface area contributed by atoms with Crippen LogP contribution in [0.5, 0.6) is 5.75 Å². The molecule has 2 aromatic heterocycles. The largest absolute Gasteiger partial charge is 0.506 e. The maximum absolute atomic E-state index is 14.0. The van der Waals surface area contributed by atoms with Gasteiger partial charge in [-0.3, -0.25) is 19.2 Å². The molecule has 8 rings (SSSR count). The maximum Gasteiger partial charge on any atom is 0.318 e. The number of aliphatic carboxylic acids is 1. The number of carboxylic acids is 1. The summed E-state index contributed by atoms with van der Waals surface area (Å²) in [7, 11) is 0. The van der Waals surface area contributed by atoms with Gasteiger partial charge in [0.2, 0.25) is 5.56 Å². The molecule has 4 saturated heterocycles. The van der Waals surface area contributed by atoms with Crippen LogP contribution < -0.4 is 16.2 Å². The number of hydrogen-bond donors (Lipinski definition) is 6. The number of nitrogens with zero attached hydrogens (tertiary/aromatic N) is 2. The van der Waals surface area contributed by atoms with Crippen molar-refractivity contribution < 1.29 is 29.7 Å². The minimum Gasteiger partial charge on any atom is -0.506 e. The van der Waals surface area contributed by atoms with Crippen molar-refractivity contribution in [2.45, 2.75) is 43.2 Å². The number of aromatic hydroxyl groups is 1. The lowest BCUT2D eigenvalue weighted by molar-refractivity contribution is -0.162. The first-order valence-corrected chi connectivity index (χ1v) is 18.4. The van der Waals surface area contributed by atoms with Gasteiger partial charge < -0.3 is 40.7 Å². The monoisotopic (exact) mass is 713 g/mol. The molecule has 0 spiro atoms. The lowest BCUT2D eigenvalue weighted by Crippen LogP contribution is -2.76. The van der Waals surface area contributed by atoms with Gasteiger partial charge in [0, 0.05) is 37.6 Å². The summed E-state index contributed by atoms with van der Waals surface area (Å²) in [5, 5.41) is 38.2. The first kappa shape index (κ1) is 34.9. The van der Waals surface area contributed by atoms with Gasteiger partial charge in [-0.15, -0.1) is 11.3 Å². The van der Waals surface area contributed by atoms with E-state index in [-0.39, 0.29) is 47.6 Å². The number of likely N-dealkylation sites (tertiary alicyclic amines) is 1. The van der Waals surface area contributed by atoms with Gasteiger partial charge in [0.05, 0.1) is 27.4 Å². The van der Waals surface area contributed by atoms with Gasteiger partial charge >= 0.3 is 5.97 Å². The van der Waals surface area contributed by atoms with Gasteiger partial charge in [-0.05, 0) is 92.5 Å². The normalized spacial score (nSPS) is 24.6. The molecule has 2 bridgehead atoms. The average molecular weight is 714 g/mol. The summed E-state index contributed by atoms with van der Waals surface area (Å²) in [5.74, 6) is -1.02. The van der Waals surface area contributed by atoms with Crippen LogP contribution >= 0.6 is 11.3 Å². The Hall–Kier alpha value is -4.56. The number of aromatic nitrogens is 1. The Morgan fingerprint density at radius 1 is 0.961 bits per heavy atom. The number of phenolic OH excluding ortho intramolecular Hbond substituents is 1. The molecule has 12 nitrogen and oxygen atoms in total. The summed E-state index contributed by atoms with van der Waals surface area (Å²) in [6.07, 6.45) is 2.61. The third-order valence-corrected chi connectivity index (χ3v) is 12.1. The molecule has 4 aromatic rings. The standard InChI is InChI=1S/C38H43N5O7S/c44-28-10-8-25(26-9-13-32(46)41-33(26)28)29(45)20-39-16-4-5-17-40-35(47)30-11-12-31(51-30)36(48)43-22-38(37(49)50,24-6-2-1-3-7-24)34(43)27-21-42-18-14-23(27)15-19-42/h1-3,6-13,23,27,29,34,39,44-45H,4-5,14-22H2,(H,40,47)(H,41,46)(H,49,50). The Labute approximate surface area is 299 Å². The van der Waals surface area contributed by atoms with E-state index in [2.05, 4.69) is 20.5 Å². The van der Waals surface area contributed by atoms with Crippen LogP contribution in [0.25, 0.3) is 10.9 Å². The van der Waals surface area contributed by atoms with Crippen LogP contribution in [0.3, 0.4) is 0 Å². The number of carboxylic acid groups (broad SMARTS) is 1. The van der Waals surface area contributed by atoms with E-state index in [9.17, 15) is 34.5 Å². The second-order valence-corrected chi connectivity index (χ2v) is 15.0. The predicted octanol–water partition coefficient (Wildman–Crippen LogP) is 3.32. The van der Waals surface area contributed by atoms with Crippen LogP contribution in [0.1, 0.15) is 62.3 Å². The molecule has 0 aliphatic carbocycles. The van der Waals surface area contributed by atoms with Gasteiger partial charge in [-0.1, -0.05) is 36.4 Å². The highest BCUT2D eigenvalue weighted by Gasteiger charge is 2.65. The zero-order valence-corrected chi connectivity index (χ0v) is 29.0. The molecule has 2 aromatic carbocycles. The molecule has 6 heterocycles. The minimum absolute atomic E-state index is 0.0569. The van der Waals surface area contributed by atoms with Crippen LogP contribution in [0, 0.1) is 11.8 Å². The van der Waals surface area contributed by atoms with Crippen LogP contribution in [0.4, 0.5) is 0 Å². The number of aromatic amines is 1. The molecule has 0 saturated carbocycles. The lowest BCUT2D eigenvalue weighted by Gasteiger charge is -2.61. The van der Waals surface area contributed by atoms with E-state index in [0.717, 1.165) is 55.8 Å². The smallest absolute Gasteiger partial charge is 0.318 e. The first-order chi connectivity index (χ1) is 24.7. The number of fused-ring (bicyclic) bond motifs is 4. The zero-order valence-electron chi connectivity index (χ0n) is 28.2. The summed E-state index contributed by atoms with van der Waals surface area (Å²) in [5.41, 5.74) is 0.0924. The summed E-state index contributed by atoms with van der Waals surface area (Å²) in [6.45, 7) is 4.22. The van der Waals surface area contributed by atoms with Crippen molar-refractivity contribution in [1.29, 1.82) is 0 Å². The lowest BCUT2D eigenvalue weighted by atomic mass is 9.58. The number of carbonyl (C=O) groups is 3. The van der Waals surface area contributed by atoms with Gasteiger partial charge in [-0.2, -0.15) is 0 Å². The number of aliphatic hydroxyl groups excluding tert-OH is 1. The number of benzene rings is 2. The van der Waals surface area contributed by atoms with Crippen molar-refractivity contribution in [3.8, 4) is 5.75 Å². The van der Waals surface area contributed by atoms with E-state index in [0.29, 0.717) is 46.1 Å². The molecule has 51 heavy (non-hydrogen) atoms. The van der Waals surface area contributed by atoms with Crippen molar-refractivity contribution in [2.24, 2.45) is 11.8 Å². The van der Waals surface area contributed by atoms with E-state index < -0.39 is 23.5 Å². The SMILES string of the molecule is O=C(NCCCCNCC(O)c1ccc(O)c2[nH]c(=O)ccc12)c1ccc(C(=O)N2CC(C(=O)O)(c3ccccc3)C2C2CN3CCC2CC3)s1. The molecular weight excluding hydrogens is 671 g/mol. The number of unbranched alkanes of at least 4 members (excludes halogenated alkanes) is 1. The summed E-state index contributed by atoms with van der Waals surface area (Å²) in [6, 6.07) is 18.2. The number of H-pyrrole nitrogens is 1. The topological polar surface area (TPSA) is 175 Å². The molecule has 13 heteroatoms. The number of hydrogen-bond acceptors (Lipinski definition) is 9. The van der Waals surface area contributed by atoms with Crippen molar-refractivity contribution in [3.63, 3.8) is 0 Å². The van der Waals surface area contributed by atoms with E-state index >= 15 is 0 Å². The number of nitrogens with one attached hydrogen (secondary N) is 3. The van der Waals surface area contributed by atoms with E-state index in [1.807, 2.05) is 30.3 Å². The van der Waals surface area contributed by atoms with Gasteiger partial charge in [-0.25, -0.2) is 0 Å². The molecule has 2 amide bonds. The van der Waals surface area contributed by atoms with Crippen molar-refractivity contribution in [3.05, 3.63) is 98.0 Å². The van der Waals surface area contributed by atoms with Crippen LogP contribution in [-0.4, -0.2) is 99.7 Å². The maximum atomic E-state index is 14.0. The molecule has 4 aliphatic rings. The van der Waals surface area contributed by atoms with Gasteiger partial charge in [0.1, 0.15) is 11.2 Å². The van der Waals surface area contributed by atoms with Crippen molar-refractivity contribution in [1.82, 2.24) is 25.4 Å². The second kappa shape index (κ2) is 14.6. The molecule has 6 N–H and O–H groups in total. The third kappa shape index (κ3) is 6.66. The van der Waals surface area contributed by atoms with Crippen LogP contribution in [0.2, 0.25) is 0 Å². The third-order valence-electron chi connectivity index (χ3n) is 11.0. The first-order valence-electron chi connectivity index (χ1n) is 17.6. The van der Waals surface area contributed by atoms with E-state index in [4.69, 9.17) is 0 Å². The molecule has 268 valence electrons. The molecule has 4 aliphatic heterocycles. The Balaban J connectivity index is 0.920. The number of piperidine rings is 3. The van der Waals surface area contributed by atoms with E-state index in [1.165, 1.54) is 12.1 Å². The molecule has 4 atom stereocenters. The number of rotatable bonds is 13. The number of amides is 2. The average Bonchev–Trinajstić information content (AvgIpc) is 3.63. The fourth-order valence-corrected chi connectivity index (χ4v) is 9.25. The summed E-state index contributed by atoms with van der Waals surface area (Å²) in [4.78, 5) is 59.3. The Morgan fingerprint density at radius 2 is 1.71 bits per heavy atom. The molecule has 4 fully saturated rings. The number of carbonyl (C=O) groups excluding carboxylic acids is 2. The molecular formula is C38H43N5O7S. The number of phenols is 1. The van der Waals surface area contributed by atoms with Crippen molar-refractivity contribution >= 4 is 40.0 Å². The van der Waals surface area contributed by atoms with Crippen molar-refractivity contribution in [2.75, 3.05) is 45.8 Å². The molecule has 0 radical (unpaired) electrons. The van der Waals surface area contributed by atoms with Gasteiger partial charge in [0.15, 0.2) is 0 Å². The van der Waals surface area contributed by atoms with Gasteiger partial charge in [0.25, 0.3) is 11.8 Å². The zero-order chi connectivity index (χ0) is 35.7. The fraction of sp³-hybridized carbons (Fsp3) is 0.421. The fourth-order valence-electron chi connectivity index (χ4n) is 8.37. The predicted molar refractivity (Wildman–Crippen MR) is 193 cm³/mol. The summed E-state index contributed by atoms with van der Waals surface area (Å²) >= 11 is 1.13. The minimum atomic E-state index is -1.17. The number of thiophene rings is 1. The summed E-state index contributed by atoms with van der Waals surface area (Å²) < 4.78 is 0. The quantitative estimate of drug-likeness (QED) is 0.114. The molecule has 4 unspecified atom stereocenters. The number of pyridine rings is 1. The highest BCUT2D eigenvalue weighted by Crippen LogP contribution is 2.50. The highest BCUT2D eigenvalue weighted by molar-refractivity contribution is 7.15. The Morgan fingerprint density at radius 3 is 2.43 bits per heavy atom. The van der Waals surface area contributed by atoms with Crippen LogP contribution in [-0.2, 0) is 10.2 Å². The number of aliphatic hydroxyl groups is 1. The Bertz CT molecular complexity index is 1970. The van der Waals surface area contributed by atoms with Crippen LogP contribution in [0.15, 0.2) is 71.5 Å². The second-order valence-electron chi connectivity index (χ2n) is 14.0. The van der Waals surface area contributed by atoms with E-state index in [1.54, 1.807) is 29.2 Å².